The van der Waals surface area contributed by atoms with Gasteiger partial charge in [0, 0.05) is 19.1 Å². The van der Waals surface area contributed by atoms with E-state index in [2.05, 4.69) is 31.0 Å². The lowest BCUT2D eigenvalue weighted by molar-refractivity contribution is -0.128. The molecule has 0 aromatic carbocycles. The van der Waals surface area contributed by atoms with Gasteiger partial charge in [0.15, 0.2) is 0 Å². The molecule has 1 aliphatic heterocycles. The average Bonchev–Trinajstić information content (AvgIpc) is 2.97. The minimum Gasteiger partial charge on any atom is -0.370 e. The number of rotatable bonds is 6. The van der Waals surface area contributed by atoms with E-state index in [4.69, 9.17) is 4.74 Å². The van der Waals surface area contributed by atoms with Gasteiger partial charge >= 0.3 is 0 Å². The van der Waals surface area contributed by atoms with Crippen molar-refractivity contribution >= 4 is 0 Å². The second-order valence-corrected chi connectivity index (χ2v) is 6.36. The first-order valence-electron chi connectivity index (χ1n) is 7.19. The van der Waals surface area contributed by atoms with Crippen molar-refractivity contribution in [2.24, 2.45) is 0 Å². The Morgan fingerprint density at radius 3 is 2.71 bits per heavy atom. The van der Waals surface area contributed by atoms with Crippen molar-refractivity contribution in [2.45, 2.75) is 64.2 Å². The summed E-state index contributed by atoms with van der Waals surface area (Å²) in [6, 6.07) is 0.859. The molecule has 1 saturated heterocycles. The van der Waals surface area contributed by atoms with Gasteiger partial charge in [-0.3, -0.25) is 4.90 Å². The standard InChI is InChI=1S/C14H28N2O/c1-12-10-16(11-14(2,3)17-12)9-5-4-8-15-13-6-7-13/h12-13,15H,4-11H2,1-3H3. The number of morpholine rings is 1. The molecule has 1 saturated carbocycles. The summed E-state index contributed by atoms with van der Waals surface area (Å²) < 4.78 is 5.92. The molecule has 17 heavy (non-hydrogen) atoms. The van der Waals surface area contributed by atoms with Crippen LogP contribution in [0.15, 0.2) is 0 Å². The molecule has 2 fully saturated rings. The van der Waals surface area contributed by atoms with Gasteiger partial charge in [-0.25, -0.2) is 0 Å². The van der Waals surface area contributed by atoms with Crippen molar-refractivity contribution in [3.63, 3.8) is 0 Å². The zero-order valence-corrected chi connectivity index (χ0v) is 11.7. The second kappa shape index (κ2) is 5.68. The van der Waals surface area contributed by atoms with Gasteiger partial charge < -0.3 is 10.1 Å². The van der Waals surface area contributed by atoms with Gasteiger partial charge in [0.2, 0.25) is 0 Å². The smallest absolute Gasteiger partial charge is 0.0757 e. The fraction of sp³-hybridized carbons (Fsp3) is 1.00. The monoisotopic (exact) mass is 240 g/mol. The molecule has 2 aliphatic rings. The Labute approximate surface area is 106 Å². The zero-order valence-electron chi connectivity index (χ0n) is 11.7. The van der Waals surface area contributed by atoms with Crippen molar-refractivity contribution in [3.8, 4) is 0 Å². The summed E-state index contributed by atoms with van der Waals surface area (Å²) in [4.78, 5) is 2.56. The predicted molar refractivity (Wildman–Crippen MR) is 71.3 cm³/mol. The van der Waals surface area contributed by atoms with Crippen LogP contribution in [-0.2, 0) is 4.74 Å². The Bertz CT molecular complexity index is 238. The molecule has 3 heteroatoms. The summed E-state index contributed by atoms with van der Waals surface area (Å²) in [7, 11) is 0. The molecular weight excluding hydrogens is 212 g/mol. The number of unbranched alkanes of at least 4 members (excludes halogenated alkanes) is 1. The van der Waals surface area contributed by atoms with Gasteiger partial charge in [-0.2, -0.15) is 0 Å². The first-order valence-corrected chi connectivity index (χ1v) is 7.19. The lowest BCUT2D eigenvalue weighted by Gasteiger charge is -2.41. The van der Waals surface area contributed by atoms with Gasteiger partial charge in [0.05, 0.1) is 11.7 Å². The third-order valence-electron chi connectivity index (χ3n) is 3.55. The molecular formula is C14H28N2O. The second-order valence-electron chi connectivity index (χ2n) is 6.36. The summed E-state index contributed by atoms with van der Waals surface area (Å²) in [6.07, 6.45) is 5.79. The number of ether oxygens (including phenoxy) is 1. The van der Waals surface area contributed by atoms with Gasteiger partial charge in [-0.15, -0.1) is 0 Å². The van der Waals surface area contributed by atoms with Crippen molar-refractivity contribution in [3.05, 3.63) is 0 Å². The predicted octanol–water partition coefficient (Wildman–Crippen LogP) is 2.02. The highest BCUT2D eigenvalue weighted by Crippen LogP contribution is 2.21. The SMILES string of the molecule is CC1CN(CCCCNC2CC2)CC(C)(C)O1. The zero-order chi connectivity index (χ0) is 12.3. The number of hydrogen-bond donors (Lipinski definition) is 1. The molecule has 1 N–H and O–H groups in total. The highest BCUT2D eigenvalue weighted by molar-refractivity contribution is 4.83. The highest BCUT2D eigenvalue weighted by Gasteiger charge is 2.30. The lowest BCUT2D eigenvalue weighted by Crippen LogP contribution is -2.52. The largest absolute Gasteiger partial charge is 0.370 e. The first kappa shape index (κ1) is 13.3. The molecule has 0 bridgehead atoms. The van der Waals surface area contributed by atoms with Crippen LogP contribution in [0, 0.1) is 0 Å². The molecule has 1 atom stereocenters. The molecule has 0 spiro atoms. The Hall–Kier alpha value is -0.120. The van der Waals surface area contributed by atoms with Gasteiger partial charge in [0.1, 0.15) is 0 Å². The fourth-order valence-corrected chi connectivity index (χ4v) is 2.81. The topological polar surface area (TPSA) is 24.5 Å². The molecule has 0 amide bonds. The molecule has 1 heterocycles. The van der Waals surface area contributed by atoms with E-state index >= 15 is 0 Å². The van der Waals surface area contributed by atoms with Crippen LogP contribution in [0.1, 0.15) is 46.5 Å². The third-order valence-corrected chi connectivity index (χ3v) is 3.55. The van der Waals surface area contributed by atoms with E-state index in [0.717, 1.165) is 19.1 Å². The maximum atomic E-state index is 5.92. The maximum absolute atomic E-state index is 5.92. The maximum Gasteiger partial charge on any atom is 0.0757 e. The van der Waals surface area contributed by atoms with Crippen LogP contribution in [0.4, 0.5) is 0 Å². The molecule has 1 unspecified atom stereocenters. The minimum absolute atomic E-state index is 0.0317. The van der Waals surface area contributed by atoms with E-state index in [-0.39, 0.29) is 5.60 Å². The van der Waals surface area contributed by atoms with Crippen LogP contribution in [0.5, 0.6) is 0 Å². The average molecular weight is 240 g/mol. The van der Waals surface area contributed by atoms with Crippen LogP contribution < -0.4 is 5.32 Å². The van der Waals surface area contributed by atoms with Crippen molar-refractivity contribution in [1.82, 2.24) is 10.2 Å². The summed E-state index contributed by atoms with van der Waals surface area (Å²) in [5, 5.41) is 3.58. The summed E-state index contributed by atoms with van der Waals surface area (Å²) in [6.45, 7) is 11.2. The minimum atomic E-state index is 0.0317. The normalized spacial score (nSPS) is 29.5. The van der Waals surface area contributed by atoms with E-state index in [0.29, 0.717) is 6.10 Å². The highest BCUT2D eigenvalue weighted by atomic mass is 16.5. The lowest BCUT2D eigenvalue weighted by atomic mass is 10.1. The Kier molecular flexibility index (Phi) is 4.45. The number of hydrogen-bond acceptors (Lipinski definition) is 3. The summed E-state index contributed by atoms with van der Waals surface area (Å²) in [5.41, 5.74) is 0.0317. The Balaban J connectivity index is 1.57. The fourth-order valence-electron chi connectivity index (χ4n) is 2.81. The first-order chi connectivity index (χ1) is 8.05. The van der Waals surface area contributed by atoms with E-state index in [1.807, 2.05) is 0 Å². The van der Waals surface area contributed by atoms with E-state index in [1.165, 1.54) is 38.8 Å². The van der Waals surface area contributed by atoms with Crippen LogP contribution in [0.2, 0.25) is 0 Å². The van der Waals surface area contributed by atoms with E-state index in [1.54, 1.807) is 0 Å². The van der Waals surface area contributed by atoms with Crippen LogP contribution in [0.25, 0.3) is 0 Å². The van der Waals surface area contributed by atoms with Crippen LogP contribution >= 0.6 is 0 Å². The molecule has 0 radical (unpaired) electrons. The quantitative estimate of drug-likeness (QED) is 0.719. The molecule has 2 rings (SSSR count). The van der Waals surface area contributed by atoms with E-state index in [9.17, 15) is 0 Å². The molecule has 0 aromatic heterocycles. The number of nitrogens with zero attached hydrogens (tertiary/aromatic N) is 1. The van der Waals surface area contributed by atoms with E-state index < -0.39 is 0 Å². The van der Waals surface area contributed by atoms with Gasteiger partial charge in [-0.05, 0) is 59.5 Å². The van der Waals surface area contributed by atoms with Crippen molar-refractivity contribution in [1.29, 1.82) is 0 Å². The molecule has 3 nitrogen and oxygen atoms in total. The van der Waals surface area contributed by atoms with Gasteiger partial charge in [0.25, 0.3) is 0 Å². The Morgan fingerprint density at radius 1 is 1.29 bits per heavy atom. The van der Waals surface area contributed by atoms with Crippen molar-refractivity contribution in [2.75, 3.05) is 26.2 Å². The number of nitrogens with one attached hydrogen (secondary N) is 1. The molecule has 0 aromatic rings. The van der Waals surface area contributed by atoms with Crippen LogP contribution in [-0.4, -0.2) is 48.8 Å². The summed E-state index contributed by atoms with van der Waals surface area (Å²) >= 11 is 0. The van der Waals surface area contributed by atoms with Crippen molar-refractivity contribution < 1.29 is 4.74 Å². The van der Waals surface area contributed by atoms with Crippen LogP contribution in [0.3, 0.4) is 0 Å². The molecule has 100 valence electrons. The Morgan fingerprint density at radius 2 is 2.06 bits per heavy atom. The summed E-state index contributed by atoms with van der Waals surface area (Å²) in [5.74, 6) is 0. The third kappa shape index (κ3) is 4.94. The molecule has 1 aliphatic carbocycles. The van der Waals surface area contributed by atoms with Gasteiger partial charge in [-0.1, -0.05) is 0 Å².